The van der Waals surface area contributed by atoms with Crippen molar-refractivity contribution in [1.29, 1.82) is 0 Å². The summed E-state index contributed by atoms with van der Waals surface area (Å²) >= 11 is 0. The van der Waals surface area contributed by atoms with Crippen LogP contribution in [0.25, 0.3) is 0 Å². The van der Waals surface area contributed by atoms with Crippen molar-refractivity contribution in [2.24, 2.45) is 11.3 Å². The first-order valence-electron chi connectivity index (χ1n) is 4.48. The molecule has 0 aromatic carbocycles. The number of carboxylic acids is 1. The zero-order chi connectivity index (χ0) is 9.19. The molecular formula is C10H16O2. The number of rotatable bonds is 2. The first-order chi connectivity index (χ1) is 5.59. The van der Waals surface area contributed by atoms with Crippen LogP contribution in [0.1, 0.15) is 33.1 Å². The maximum atomic E-state index is 11.1. The van der Waals surface area contributed by atoms with Crippen molar-refractivity contribution in [3.8, 4) is 0 Å². The fraction of sp³-hybridized carbons (Fsp3) is 0.700. The van der Waals surface area contributed by atoms with Crippen LogP contribution in [0.4, 0.5) is 0 Å². The van der Waals surface area contributed by atoms with Crippen LogP contribution in [0.5, 0.6) is 0 Å². The molecule has 1 N–H and O–H groups in total. The van der Waals surface area contributed by atoms with Crippen LogP contribution in [0.15, 0.2) is 12.2 Å². The smallest absolute Gasteiger partial charge is 0.310 e. The van der Waals surface area contributed by atoms with Gasteiger partial charge in [0.05, 0.1) is 5.41 Å². The maximum Gasteiger partial charge on any atom is 0.310 e. The second kappa shape index (κ2) is 3.30. The summed E-state index contributed by atoms with van der Waals surface area (Å²) in [7, 11) is 0. The van der Waals surface area contributed by atoms with Gasteiger partial charge in [0.15, 0.2) is 0 Å². The Kier molecular flexibility index (Phi) is 2.55. The summed E-state index contributed by atoms with van der Waals surface area (Å²) in [4.78, 5) is 11.1. The molecule has 1 unspecified atom stereocenters. The molecule has 0 amide bonds. The van der Waals surface area contributed by atoms with Gasteiger partial charge in [0, 0.05) is 0 Å². The molecule has 12 heavy (non-hydrogen) atoms. The first-order valence-corrected chi connectivity index (χ1v) is 4.48. The van der Waals surface area contributed by atoms with Gasteiger partial charge < -0.3 is 5.11 Å². The van der Waals surface area contributed by atoms with Crippen LogP contribution in [0, 0.1) is 11.3 Å². The van der Waals surface area contributed by atoms with Crippen LogP contribution in [0.3, 0.4) is 0 Å². The Morgan fingerprint density at radius 3 is 2.42 bits per heavy atom. The molecule has 2 nitrogen and oxygen atoms in total. The fourth-order valence-electron chi connectivity index (χ4n) is 1.82. The number of aliphatic carboxylic acids is 1. The maximum absolute atomic E-state index is 11.1. The summed E-state index contributed by atoms with van der Waals surface area (Å²) < 4.78 is 0. The number of hydrogen-bond donors (Lipinski definition) is 1. The van der Waals surface area contributed by atoms with E-state index in [1.165, 1.54) is 0 Å². The Hall–Kier alpha value is -0.790. The van der Waals surface area contributed by atoms with E-state index in [1.807, 2.05) is 19.9 Å². The summed E-state index contributed by atoms with van der Waals surface area (Å²) in [6.07, 6.45) is 6.46. The van der Waals surface area contributed by atoms with Crippen LogP contribution in [-0.4, -0.2) is 11.1 Å². The summed E-state index contributed by atoms with van der Waals surface area (Å²) in [5, 5.41) is 9.13. The average molecular weight is 168 g/mol. The number of carboxylic acid groups (broad SMARTS) is 1. The van der Waals surface area contributed by atoms with E-state index in [1.54, 1.807) is 0 Å². The van der Waals surface area contributed by atoms with Gasteiger partial charge in [-0.3, -0.25) is 4.79 Å². The minimum Gasteiger partial charge on any atom is -0.481 e. The number of hydrogen-bond acceptors (Lipinski definition) is 1. The largest absolute Gasteiger partial charge is 0.481 e. The fourth-order valence-corrected chi connectivity index (χ4v) is 1.82. The molecule has 0 radical (unpaired) electrons. The molecule has 0 fully saturated rings. The lowest BCUT2D eigenvalue weighted by molar-refractivity contribution is -0.152. The zero-order valence-corrected chi connectivity index (χ0v) is 7.71. The van der Waals surface area contributed by atoms with Crippen molar-refractivity contribution in [2.75, 3.05) is 0 Å². The van der Waals surface area contributed by atoms with Gasteiger partial charge in [-0.1, -0.05) is 26.0 Å². The third-order valence-electron chi connectivity index (χ3n) is 2.94. The molecule has 0 aromatic rings. The molecule has 0 saturated carbocycles. The van der Waals surface area contributed by atoms with E-state index in [4.69, 9.17) is 5.11 Å². The number of allylic oxidation sites excluding steroid dienone is 2. The van der Waals surface area contributed by atoms with Crippen molar-refractivity contribution in [3.63, 3.8) is 0 Å². The predicted octanol–water partition coefficient (Wildman–Crippen LogP) is 2.45. The molecule has 68 valence electrons. The second-order valence-electron chi connectivity index (χ2n) is 3.83. The summed E-state index contributed by atoms with van der Waals surface area (Å²) in [6.45, 7) is 3.99. The van der Waals surface area contributed by atoms with E-state index in [0.717, 1.165) is 12.8 Å². The third-order valence-corrected chi connectivity index (χ3v) is 2.94. The minimum absolute atomic E-state index is 0.222. The highest BCUT2D eigenvalue weighted by molar-refractivity contribution is 5.75. The lowest BCUT2D eigenvalue weighted by Crippen LogP contribution is -2.36. The standard InChI is InChI=1S/C10H16O2/c1-8(2)10(9(11)12)6-4-3-5-7-10/h3-4,8H,5-7H2,1-2H3,(H,11,12). The van der Waals surface area contributed by atoms with Crippen LogP contribution < -0.4 is 0 Å². The van der Waals surface area contributed by atoms with Gasteiger partial charge in [-0.25, -0.2) is 0 Å². The van der Waals surface area contributed by atoms with E-state index in [-0.39, 0.29) is 5.92 Å². The van der Waals surface area contributed by atoms with Crippen molar-refractivity contribution < 1.29 is 9.90 Å². The average Bonchev–Trinajstić information content (AvgIpc) is 2.05. The van der Waals surface area contributed by atoms with Gasteiger partial charge in [-0.05, 0) is 25.2 Å². The molecule has 1 aliphatic rings. The molecule has 0 spiro atoms. The van der Waals surface area contributed by atoms with Gasteiger partial charge in [0.2, 0.25) is 0 Å². The lowest BCUT2D eigenvalue weighted by Gasteiger charge is -2.34. The van der Waals surface area contributed by atoms with Crippen LogP contribution >= 0.6 is 0 Å². The Morgan fingerprint density at radius 1 is 1.50 bits per heavy atom. The lowest BCUT2D eigenvalue weighted by atomic mass is 9.69. The highest BCUT2D eigenvalue weighted by Gasteiger charge is 2.40. The number of carbonyl (C=O) groups is 1. The summed E-state index contributed by atoms with van der Waals surface area (Å²) in [5.41, 5.74) is -0.491. The van der Waals surface area contributed by atoms with E-state index < -0.39 is 11.4 Å². The van der Waals surface area contributed by atoms with Crippen LogP contribution in [-0.2, 0) is 4.79 Å². The van der Waals surface area contributed by atoms with E-state index in [9.17, 15) is 4.79 Å². The minimum atomic E-state index is -0.637. The molecule has 1 atom stereocenters. The quantitative estimate of drug-likeness (QED) is 0.643. The van der Waals surface area contributed by atoms with Gasteiger partial charge >= 0.3 is 5.97 Å². The Morgan fingerprint density at radius 2 is 2.17 bits per heavy atom. The van der Waals surface area contributed by atoms with Gasteiger partial charge in [0.25, 0.3) is 0 Å². The predicted molar refractivity (Wildman–Crippen MR) is 47.9 cm³/mol. The van der Waals surface area contributed by atoms with Crippen molar-refractivity contribution >= 4 is 5.97 Å². The Balaban J connectivity index is 2.86. The molecule has 1 aliphatic carbocycles. The molecule has 0 bridgehead atoms. The highest BCUT2D eigenvalue weighted by Crippen LogP contribution is 2.39. The molecule has 0 aromatic heterocycles. The summed E-state index contributed by atoms with van der Waals surface area (Å²) in [6, 6.07) is 0. The zero-order valence-electron chi connectivity index (χ0n) is 7.71. The molecule has 0 heterocycles. The monoisotopic (exact) mass is 168 g/mol. The molecule has 2 heteroatoms. The van der Waals surface area contributed by atoms with Gasteiger partial charge in [-0.2, -0.15) is 0 Å². The normalized spacial score (nSPS) is 29.2. The summed E-state index contributed by atoms with van der Waals surface area (Å²) in [5.74, 6) is -0.415. The molecule has 1 rings (SSSR count). The van der Waals surface area contributed by atoms with Crippen molar-refractivity contribution in [1.82, 2.24) is 0 Å². The first kappa shape index (κ1) is 9.30. The van der Waals surface area contributed by atoms with E-state index in [0.29, 0.717) is 6.42 Å². The highest BCUT2D eigenvalue weighted by atomic mass is 16.4. The SMILES string of the molecule is CC(C)C1(C(=O)O)CC=CCC1. The topological polar surface area (TPSA) is 37.3 Å². The Bertz CT molecular complexity index is 206. The van der Waals surface area contributed by atoms with Crippen molar-refractivity contribution in [3.05, 3.63) is 12.2 Å². The van der Waals surface area contributed by atoms with Gasteiger partial charge in [-0.15, -0.1) is 0 Å². The molecular weight excluding hydrogens is 152 g/mol. The molecule has 0 saturated heterocycles. The molecule has 0 aliphatic heterocycles. The van der Waals surface area contributed by atoms with E-state index >= 15 is 0 Å². The van der Waals surface area contributed by atoms with Crippen LogP contribution in [0.2, 0.25) is 0 Å². The second-order valence-corrected chi connectivity index (χ2v) is 3.83. The Labute approximate surface area is 73.3 Å². The third kappa shape index (κ3) is 1.38. The van der Waals surface area contributed by atoms with E-state index in [2.05, 4.69) is 6.08 Å². The van der Waals surface area contributed by atoms with Gasteiger partial charge in [0.1, 0.15) is 0 Å². The van der Waals surface area contributed by atoms with Crippen molar-refractivity contribution in [2.45, 2.75) is 33.1 Å².